The second kappa shape index (κ2) is 1.85. The Bertz CT molecular complexity index is 171. The second-order valence-electron chi connectivity index (χ2n) is 2.93. The van der Waals surface area contributed by atoms with Crippen molar-refractivity contribution in [3.63, 3.8) is 0 Å². The van der Waals surface area contributed by atoms with Gasteiger partial charge in [-0.25, -0.2) is 14.8 Å². The summed E-state index contributed by atoms with van der Waals surface area (Å²) in [6.07, 6.45) is 0.367. The number of hydrogen-bond acceptors (Lipinski definition) is 2. The molecule has 0 aromatic rings. The topological polar surface area (TPSA) is 43.8 Å². The third-order valence-electron chi connectivity index (χ3n) is 2.26. The predicted octanol–water partition coefficient (Wildman–Crippen LogP) is 0.217. The third-order valence-corrected chi connectivity index (χ3v) is 2.26. The highest BCUT2D eigenvalue weighted by atomic mass is 16.4. The Balaban J connectivity index is 2.08. The van der Waals surface area contributed by atoms with Gasteiger partial charge in [-0.05, 0) is 12.3 Å². The lowest BCUT2D eigenvalue weighted by atomic mass is 10.1. The molecule has 0 saturated carbocycles. The quantitative estimate of drug-likeness (QED) is 0.526. The molecule has 4 heteroatoms. The number of carboxylic acid groups (broad SMARTS) is 1. The van der Waals surface area contributed by atoms with Crippen molar-refractivity contribution < 1.29 is 9.90 Å². The minimum absolute atomic E-state index is 0.607. The molecule has 2 rings (SSSR count). The second-order valence-corrected chi connectivity index (χ2v) is 2.93. The fourth-order valence-corrected chi connectivity index (χ4v) is 1.74. The Morgan fingerprint density at radius 3 is 2.60 bits per heavy atom. The maximum Gasteiger partial charge on any atom is 0.421 e. The molecule has 0 radical (unpaired) electrons. The Labute approximate surface area is 59.0 Å². The molecule has 2 aliphatic heterocycles. The molecule has 0 aliphatic carbocycles. The number of nitrogens with zero attached hydrogens (tertiary/aromatic N) is 2. The number of carbonyl (C=O) groups is 1. The van der Waals surface area contributed by atoms with Gasteiger partial charge in [0.2, 0.25) is 0 Å². The fraction of sp³-hybridized carbons (Fsp3) is 0.833. The zero-order valence-electron chi connectivity index (χ0n) is 5.66. The van der Waals surface area contributed by atoms with Crippen LogP contribution in [-0.4, -0.2) is 40.9 Å². The van der Waals surface area contributed by atoms with Gasteiger partial charge in [-0.3, -0.25) is 0 Å². The van der Waals surface area contributed by atoms with E-state index in [0.717, 1.165) is 19.6 Å². The molecule has 2 unspecified atom stereocenters. The zero-order valence-corrected chi connectivity index (χ0v) is 5.66. The lowest BCUT2D eigenvalue weighted by Gasteiger charge is -2.25. The van der Waals surface area contributed by atoms with Gasteiger partial charge in [0.25, 0.3) is 0 Å². The van der Waals surface area contributed by atoms with Crippen molar-refractivity contribution in [1.82, 2.24) is 10.0 Å². The first-order chi connectivity index (χ1) is 4.77. The molecular weight excluding hydrogens is 132 g/mol. The Hall–Kier alpha value is -0.770. The van der Waals surface area contributed by atoms with E-state index in [9.17, 15) is 4.79 Å². The lowest BCUT2D eigenvalue weighted by Crippen LogP contribution is -2.41. The van der Waals surface area contributed by atoms with Gasteiger partial charge in [0.1, 0.15) is 0 Å². The van der Waals surface area contributed by atoms with Crippen molar-refractivity contribution in [2.75, 3.05) is 19.6 Å². The SMILES string of the molecule is O=C(O)N1CC2CCN1C2. The van der Waals surface area contributed by atoms with Crippen LogP contribution in [-0.2, 0) is 0 Å². The highest BCUT2D eigenvalue weighted by Gasteiger charge is 2.38. The Morgan fingerprint density at radius 1 is 1.50 bits per heavy atom. The van der Waals surface area contributed by atoms with Gasteiger partial charge in [-0.1, -0.05) is 0 Å². The van der Waals surface area contributed by atoms with E-state index in [0.29, 0.717) is 5.92 Å². The largest absolute Gasteiger partial charge is 0.464 e. The summed E-state index contributed by atoms with van der Waals surface area (Å²) in [4.78, 5) is 10.5. The number of fused-ring (bicyclic) bond motifs is 2. The van der Waals surface area contributed by atoms with Gasteiger partial charge >= 0.3 is 6.09 Å². The maximum atomic E-state index is 10.5. The van der Waals surface area contributed by atoms with Gasteiger partial charge in [0.15, 0.2) is 0 Å². The van der Waals surface area contributed by atoms with Crippen LogP contribution in [0, 0.1) is 5.92 Å². The van der Waals surface area contributed by atoms with Crippen molar-refractivity contribution >= 4 is 6.09 Å². The molecule has 2 fully saturated rings. The highest BCUT2D eigenvalue weighted by Crippen LogP contribution is 2.26. The van der Waals surface area contributed by atoms with E-state index < -0.39 is 6.09 Å². The standard InChI is InChI=1S/C6H10N2O2/c9-6(10)8-4-5-1-2-7(8)3-5/h5H,1-4H2,(H,9,10). The van der Waals surface area contributed by atoms with E-state index in [-0.39, 0.29) is 0 Å². The van der Waals surface area contributed by atoms with Crippen LogP contribution in [0.5, 0.6) is 0 Å². The number of hydrogen-bond donors (Lipinski definition) is 1. The Morgan fingerprint density at radius 2 is 2.30 bits per heavy atom. The van der Waals surface area contributed by atoms with Crippen LogP contribution in [0.4, 0.5) is 4.79 Å². The molecular formula is C6H10N2O2. The number of amides is 1. The van der Waals surface area contributed by atoms with Gasteiger partial charge in [-0.15, -0.1) is 0 Å². The molecule has 1 amide bonds. The minimum Gasteiger partial charge on any atom is -0.464 e. The van der Waals surface area contributed by atoms with Gasteiger partial charge in [0.05, 0.1) is 0 Å². The van der Waals surface area contributed by atoms with Crippen LogP contribution in [0.2, 0.25) is 0 Å². The summed E-state index contributed by atoms with van der Waals surface area (Å²) in [6, 6.07) is 0. The monoisotopic (exact) mass is 142 g/mol. The van der Waals surface area contributed by atoms with Crippen LogP contribution in [0.15, 0.2) is 0 Å². The molecule has 0 aromatic heterocycles. The van der Waals surface area contributed by atoms with Crippen molar-refractivity contribution in [1.29, 1.82) is 0 Å². The molecule has 10 heavy (non-hydrogen) atoms. The summed E-state index contributed by atoms with van der Waals surface area (Å²) in [5.41, 5.74) is 0. The molecule has 0 spiro atoms. The number of rotatable bonds is 0. The van der Waals surface area contributed by atoms with E-state index in [2.05, 4.69) is 0 Å². The fourth-order valence-electron chi connectivity index (χ4n) is 1.74. The van der Waals surface area contributed by atoms with Gasteiger partial charge in [-0.2, -0.15) is 0 Å². The van der Waals surface area contributed by atoms with E-state index in [1.165, 1.54) is 11.4 Å². The van der Waals surface area contributed by atoms with Gasteiger partial charge in [0, 0.05) is 19.6 Å². The minimum atomic E-state index is -0.804. The molecule has 2 saturated heterocycles. The molecule has 2 heterocycles. The van der Waals surface area contributed by atoms with Crippen molar-refractivity contribution in [3.8, 4) is 0 Å². The molecule has 56 valence electrons. The van der Waals surface area contributed by atoms with Crippen LogP contribution in [0.1, 0.15) is 6.42 Å². The molecule has 2 aliphatic rings. The molecule has 0 aromatic carbocycles. The lowest BCUT2D eigenvalue weighted by molar-refractivity contribution is 0.0298. The van der Waals surface area contributed by atoms with Crippen LogP contribution >= 0.6 is 0 Å². The molecule has 1 N–H and O–H groups in total. The molecule has 2 bridgehead atoms. The molecule has 2 atom stereocenters. The molecule has 4 nitrogen and oxygen atoms in total. The summed E-state index contributed by atoms with van der Waals surface area (Å²) < 4.78 is 0. The average molecular weight is 142 g/mol. The first-order valence-electron chi connectivity index (χ1n) is 3.52. The summed E-state index contributed by atoms with van der Waals surface area (Å²) >= 11 is 0. The van der Waals surface area contributed by atoms with Crippen molar-refractivity contribution in [2.24, 2.45) is 5.92 Å². The first-order valence-corrected chi connectivity index (χ1v) is 3.52. The third kappa shape index (κ3) is 0.686. The van der Waals surface area contributed by atoms with Crippen LogP contribution in [0.3, 0.4) is 0 Å². The smallest absolute Gasteiger partial charge is 0.421 e. The highest BCUT2D eigenvalue weighted by molar-refractivity contribution is 5.64. The number of hydrazine groups is 1. The Kier molecular flexibility index (Phi) is 1.11. The van der Waals surface area contributed by atoms with E-state index in [1.807, 2.05) is 5.01 Å². The average Bonchev–Trinajstić information content (AvgIpc) is 2.44. The van der Waals surface area contributed by atoms with E-state index >= 15 is 0 Å². The van der Waals surface area contributed by atoms with E-state index in [4.69, 9.17) is 5.11 Å². The summed E-state index contributed by atoms with van der Waals surface area (Å²) in [6.45, 7) is 2.60. The normalized spacial score (nSPS) is 37.0. The van der Waals surface area contributed by atoms with Gasteiger partial charge < -0.3 is 5.11 Å². The summed E-state index contributed by atoms with van der Waals surface area (Å²) in [7, 11) is 0. The van der Waals surface area contributed by atoms with Crippen LogP contribution in [0.25, 0.3) is 0 Å². The summed E-state index contributed by atoms with van der Waals surface area (Å²) in [5.74, 6) is 0.607. The summed E-state index contributed by atoms with van der Waals surface area (Å²) in [5, 5.41) is 12.0. The van der Waals surface area contributed by atoms with Crippen LogP contribution < -0.4 is 0 Å². The van der Waals surface area contributed by atoms with Crippen molar-refractivity contribution in [3.05, 3.63) is 0 Å². The predicted molar refractivity (Wildman–Crippen MR) is 34.4 cm³/mol. The van der Waals surface area contributed by atoms with Crippen molar-refractivity contribution in [2.45, 2.75) is 6.42 Å². The first kappa shape index (κ1) is 5.97. The zero-order chi connectivity index (χ0) is 7.14. The van der Waals surface area contributed by atoms with E-state index in [1.54, 1.807) is 0 Å². The maximum absolute atomic E-state index is 10.5.